The van der Waals surface area contributed by atoms with Crippen molar-refractivity contribution in [3.8, 4) is 0 Å². The average Bonchev–Trinajstić information content (AvgIpc) is 2.42. The predicted molar refractivity (Wildman–Crippen MR) is 80.9 cm³/mol. The van der Waals surface area contributed by atoms with Gasteiger partial charge < -0.3 is 5.73 Å². The molecule has 1 heterocycles. The van der Waals surface area contributed by atoms with Gasteiger partial charge in [0.25, 0.3) is 0 Å². The Bertz CT molecular complexity index is 321. The highest BCUT2D eigenvalue weighted by Gasteiger charge is 2.07. The van der Waals surface area contributed by atoms with Crippen LogP contribution in [0.25, 0.3) is 0 Å². The number of rotatable bonds is 10. The van der Waals surface area contributed by atoms with Crippen LogP contribution >= 0.6 is 0 Å². The minimum atomic E-state index is 0.0493. The van der Waals surface area contributed by atoms with Crippen molar-refractivity contribution in [2.45, 2.75) is 77.7 Å². The maximum atomic E-state index is 6.12. The first-order valence-corrected chi connectivity index (χ1v) is 7.78. The van der Waals surface area contributed by atoms with Gasteiger partial charge >= 0.3 is 0 Å². The second-order valence-electron chi connectivity index (χ2n) is 5.45. The lowest BCUT2D eigenvalue weighted by atomic mass is 10.0. The van der Waals surface area contributed by atoms with Crippen molar-refractivity contribution in [2.24, 2.45) is 5.73 Å². The summed E-state index contributed by atoms with van der Waals surface area (Å²) < 4.78 is 0. The lowest BCUT2D eigenvalue weighted by Crippen LogP contribution is -2.12. The van der Waals surface area contributed by atoms with Gasteiger partial charge in [-0.05, 0) is 13.3 Å². The lowest BCUT2D eigenvalue weighted by molar-refractivity contribution is 0.530. The molecule has 0 aliphatic carbocycles. The van der Waals surface area contributed by atoms with Crippen LogP contribution in [-0.2, 0) is 0 Å². The Morgan fingerprint density at radius 1 is 0.947 bits per heavy atom. The van der Waals surface area contributed by atoms with Gasteiger partial charge in [0.1, 0.15) is 0 Å². The summed E-state index contributed by atoms with van der Waals surface area (Å²) in [6, 6.07) is 0.0493. The first-order valence-electron chi connectivity index (χ1n) is 7.78. The maximum Gasteiger partial charge on any atom is 0.0754 e. The molecule has 3 nitrogen and oxygen atoms in total. The van der Waals surface area contributed by atoms with Gasteiger partial charge in [-0.15, -0.1) is 0 Å². The molecule has 2 N–H and O–H groups in total. The van der Waals surface area contributed by atoms with Gasteiger partial charge in [0, 0.05) is 12.2 Å². The molecule has 0 aliphatic heterocycles. The van der Waals surface area contributed by atoms with Crippen LogP contribution in [0.1, 0.15) is 82.1 Å². The zero-order valence-corrected chi connectivity index (χ0v) is 12.6. The van der Waals surface area contributed by atoms with Gasteiger partial charge in [-0.1, -0.05) is 58.3 Å². The Balaban J connectivity index is 2.04. The summed E-state index contributed by atoms with van der Waals surface area (Å²) in [5, 5.41) is 0. The summed E-state index contributed by atoms with van der Waals surface area (Å²) in [5.41, 5.74) is 7.99. The highest BCUT2D eigenvalue weighted by atomic mass is 14.8. The van der Waals surface area contributed by atoms with Gasteiger partial charge in [-0.25, -0.2) is 0 Å². The van der Waals surface area contributed by atoms with E-state index in [-0.39, 0.29) is 6.04 Å². The summed E-state index contributed by atoms with van der Waals surface area (Å²) in [6.45, 7) is 4.20. The molecule has 19 heavy (non-hydrogen) atoms. The summed E-state index contributed by atoms with van der Waals surface area (Å²) in [5.74, 6) is 0. The van der Waals surface area contributed by atoms with E-state index in [1.54, 1.807) is 6.20 Å². The van der Waals surface area contributed by atoms with Crippen molar-refractivity contribution >= 4 is 0 Å². The number of aryl methyl sites for hydroxylation is 1. The highest BCUT2D eigenvalue weighted by Crippen LogP contribution is 2.16. The van der Waals surface area contributed by atoms with Gasteiger partial charge in [0.15, 0.2) is 0 Å². The lowest BCUT2D eigenvalue weighted by Gasteiger charge is -2.10. The molecule has 0 saturated heterocycles. The van der Waals surface area contributed by atoms with E-state index in [0.29, 0.717) is 0 Å². The molecule has 0 bridgehead atoms. The van der Waals surface area contributed by atoms with E-state index in [2.05, 4.69) is 16.9 Å². The van der Waals surface area contributed by atoms with Crippen molar-refractivity contribution in [2.75, 3.05) is 0 Å². The van der Waals surface area contributed by atoms with Crippen LogP contribution in [0, 0.1) is 6.92 Å². The number of unbranched alkanes of at least 4 members (excludes halogenated alkanes) is 7. The summed E-state index contributed by atoms with van der Waals surface area (Å²) in [7, 11) is 0. The zero-order valence-electron chi connectivity index (χ0n) is 12.6. The smallest absolute Gasteiger partial charge is 0.0754 e. The first-order chi connectivity index (χ1) is 9.24. The third-order valence-corrected chi connectivity index (χ3v) is 3.55. The molecule has 0 aliphatic rings. The highest BCUT2D eigenvalue weighted by molar-refractivity contribution is 5.04. The Hall–Kier alpha value is -0.960. The van der Waals surface area contributed by atoms with Gasteiger partial charge in [0.2, 0.25) is 0 Å². The SMILES string of the molecule is CCCCCCCCCCC(N)c1cnc(C)cn1. The molecular formula is C16H29N3. The van der Waals surface area contributed by atoms with Crippen LogP contribution in [0.5, 0.6) is 0 Å². The minimum absolute atomic E-state index is 0.0493. The maximum absolute atomic E-state index is 6.12. The normalized spacial score (nSPS) is 12.6. The summed E-state index contributed by atoms with van der Waals surface area (Å²) in [4.78, 5) is 8.58. The van der Waals surface area contributed by atoms with Crippen molar-refractivity contribution < 1.29 is 0 Å². The van der Waals surface area contributed by atoms with Crippen LogP contribution in [0.4, 0.5) is 0 Å². The molecule has 0 amide bonds. The third kappa shape index (κ3) is 7.26. The van der Waals surface area contributed by atoms with Gasteiger partial charge in [-0.2, -0.15) is 0 Å². The van der Waals surface area contributed by atoms with E-state index in [0.717, 1.165) is 17.8 Å². The van der Waals surface area contributed by atoms with E-state index in [1.165, 1.54) is 51.4 Å². The average molecular weight is 263 g/mol. The molecule has 1 unspecified atom stereocenters. The molecule has 1 atom stereocenters. The van der Waals surface area contributed by atoms with Crippen molar-refractivity contribution in [3.05, 3.63) is 23.8 Å². The third-order valence-electron chi connectivity index (χ3n) is 3.55. The van der Waals surface area contributed by atoms with Crippen molar-refractivity contribution in [1.82, 2.24) is 9.97 Å². The topological polar surface area (TPSA) is 51.8 Å². The Kier molecular flexibility index (Phi) is 8.39. The number of aromatic nitrogens is 2. The second kappa shape index (κ2) is 9.90. The largest absolute Gasteiger partial charge is 0.323 e. The Labute approximate surface area is 118 Å². The van der Waals surface area contributed by atoms with Crippen molar-refractivity contribution in [3.63, 3.8) is 0 Å². The van der Waals surface area contributed by atoms with Crippen LogP contribution in [0.2, 0.25) is 0 Å². The number of nitrogens with zero attached hydrogens (tertiary/aromatic N) is 2. The van der Waals surface area contributed by atoms with E-state index in [4.69, 9.17) is 5.73 Å². The van der Waals surface area contributed by atoms with Crippen LogP contribution in [0.15, 0.2) is 12.4 Å². The predicted octanol–water partition coefficient (Wildman–Crippen LogP) is 4.32. The van der Waals surface area contributed by atoms with E-state index in [9.17, 15) is 0 Å². The number of hydrogen-bond donors (Lipinski definition) is 1. The molecule has 0 spiro atoms. The monoisotopic (exact) mass is 263 g/mol. The number of hydrogen-bond acceptors (Lipinski definition) is 3. The van der Waals surface area contributed by atoms with E-state index >= 15 is 0 Å². The molecule has 108 valence electrons. The Morgan fingerprint density at radius 2 is 1.58 bits per heavy atom. The van der Waals surface area contributed by atoms with Crippen LogP contribution < -0.4 is 5.73 Å². The zero-order chi connectivity index (χ0) is 13.9. The van der Waals surface area contributed by atoms with E-state index < -0.39 is 0 Å². The number of nitrogens with two attached hydrogens (primary N) is 1. The fraction of sp³-hybridized carbons (Fsp3) is 0.750. The molecule has 0 saturated carbocycles. The molecule has 1 aromatic heterocycles. The van der Waals surface area contributed by atoms with Crippen LogP contribution in [-0.4, -0.2) is 9.97 Å². The molecule has 1 aromatic rings. The molecule has 1 rings (SSSR count). The molecule has 0 aromatic carbocycles. The molecule has 3 heteroatoms. The standard InChI is InChI=1S/C16H29N3/c1-3-4-5-6-7-8-9-10-11-15(17)16-13-18-14(2)12-19-16/h12-13,15H,3-11,17H2,1-2H3. The molecule has 0 fully saturated rings. The van der Waals surface area contributed by atoms with Crippen molar-refractivity contribution in [1.29, 1.82) is 0 Å². The molecular weight excluding hydrogens is 234 g/mol. The Morgan fingerprint density at radius 3 is 2.16 bits per heavy atom. The van der Waals surface area contributed by atoms with Gasteiger partial charge in [-0.3, -0.25) is 9.97 Å². The molecule has 0 radical (unpaired) electrons. The van der Waals surface area contributed by atoms with Gasteiger partial charge in [0.05, 0.1) is 17.6 Å². The first kappa shape index (κ1) is 16.1. The fourth-order valence-electron chi connectivity index (χ4n) is 2.24. The minimum Gasteiger partial charge on any atom is -0.323 e. The quantitative estimate of drug-likeness (QED) is 0.640. The summed E-state index contributed by atoms with van der Waals surface area (Å²) >= 11 is 0. The van der Waals surface area contributed by atoms with Crippen LogP contribution in [0.3, 0.4) is 0 Å². The fourth-order valence-corrected chi connectivity index (χ4v) is 2.24. The second-order valence-corrected chi connectivity index (χ2v) is 5.45. The summed E-state index contributed by atoms with van der Waals surface area (Å²) in [6.07, 6.45) is 15.3. The van der Waals surface area contributed by atoms with E-state index in [1.807, 2.05) is 13.1 Å².